The second-order valence-corrected chi connectivity index (χ2v) is 7.76. The Balaban J connectivity index is 1.62. The van der Waals surface area contributed by atoms with Gasteiger partial charge in [-0.25, -0.2) is 9.97 Å². The van der Waals surface area contributed by atoms with Gasteiger partial charge in [0.25, 0.3) is 0 Å². The average molecular weight is 362 g/mol. The van der Waals surface area contributed by atoms with Crippen molar-refractivity contribution in [3.8, 4) is 0 Å². The van der Waals surface area contributed by atoms with Crippen LogP contribution in [-0.2, 0) is 0 Å². The molecule has 0 amide bonds. The summed E-state index contributed by atoms with van der Waals surface area (Å²) in [5.74, 6) is 3.07. The minimum Gasteiger partial charge on any atom is -0.356 e. The van der Waals surface area contributed by atoms with E-state index in [-0.39, 0.29) is 0 Å². The molecule has 8 heteroatoms. The van der Waals surface area contributed by atoms with Crippen molar-refractivity contribution < 1.29 is 0 Å². The van der Waals surface area contributed by atoms with Crippen molar-refractivity contribution in [2.24, 2.45) is 0 Å². The van der Waals surface area contributed by atoms with Crippen LogP contribution in [0.25, 0.3) is 0 Å². The van der Waals surface area contributed by atoms with Gasteiger partial charge in [0.1, 0.15) is 11.6 Å². The molecule has 0 atom stereocenters. The molecule has 2 aromatic rings. The molecule has 2 aromatic heterocycles. The highest BCUT2D eigenvalue weighted by atomic mass is 32.1. The molecule has 7 nitrogen and oxygen atoms in total. The van der Waals surface area contributed by atoms with Gasteiger partial charge in [0.2, 0.25) is 11.1 Å². The van der Waals surface area contributed by atoms with Gasteiger partial charge < -0.3 is 14.7 Å². The Labute approximate surface area is 153 Å². The molecular formula is C17H27N7S. The Bertz CT molecular complexity index is 692. The fourth-order valence-electron chi connectivity index (χ4n) is 2.97. The molecule has 136 valence electrons. The van der Waals surface area contributed by atoms with E-state index in [2.05, 4.69) is 50.0 Å². The maximum Gasteiger partial charge on any atom is 0.226 e. The maximum atomic E-state index is 4.69. The fourth-order valence-corrected chi connectivity index (χ4v) is 3.83. The SMILES string of the molecule is CC(C)c1nsc(N2CCC(N(C)c3ccnc(N(C)C)n3)CC2)n1. The van der Waals surface area contributed by atoms with Crippen molar-refractivity contribution in [2.45, 2.75) is 38.6 Å². The lowest BCUT2D eigenvalue weighted by atomic mass is 10.0. The molecule has 0 aliphatic carbocycles. The van der Waals surface area contributed by atoms with E-state index in [1.165, 1.54) is 11.5 Å². The first-order chi connectivity index (χ1) is 12.0. The first kappa shape index (κ1) is 17.8. The van der Waals surface area contributed by atoms with Crippen molar-refractivity contribution in [3.05, 3.63) is 18.1 Å². The minimum absolute atomic E-state index is 0.386. The summed E-state index contributed by atoms with van der Waals surface area (Å²) in [5, 5.41) is 1.06. The molecule has 0 bridgehead atoms. The highest BCUT2D eigenvalue weighted by Gasteiger charge is 2.25. The standard InChI is InChI=1S/C17H27N7S/c1-12(2)15-20-17(25-21-15)24-10-7-13(8-11-24)23(5)14-6-9-18-16(19-14)22(3)4/h6,9,12-13H,7-8,10-11H2,1-5H3. The predicted molar refractivity (Wildman–Crippen MR) is 104 cm³/mol. The largest absolute Gasteiger partial charge is 0.356 e. The van der Waals surface area contributed by atoms with E-state index in [1.54, 1.807) is 0 Å². The zero-order valence-electron chi connectivity index (χ0n) is 15.7. The lowest BCUT2D eigenvalue weighted by Gasteiger charge is -2.37. The van der Waals surface area contributed by atoms with Crippen LogP contribution in [0.2, 0.25) is 0 Å². The van der Waals surface area contributed by atoms with Crippen LogP contribution in [0, 0.1) is 0 Å². The molecule has 0 aromatic carbocycles. The van der Waals surface area contributed by atoms with Crippen LogP contribution in [0.4, 0.5) is 16.9 Å². The molecule has 25 heavy (non-hydrogen) atoms. The van der Waals surface area contributed by atoms with Gasteiger partial charge in [-0.15, -0.1) is 0 Å². The van der Waals surface area contributed by atoms with E-state index in [4.69, 9.17) is 0 Å². The lowest BCUT2D eigenvalue weighted by Crippen LogP contribution is -2.43. The third-order valence-electron chi connectivity index (χ3n) is 4.62. The van der Waals surface area contributed by atoms with Gasteiger partial charge in [0.15, 0.2) is 0 Å². The van der Waals surface area contributed by atoms with Crippen LogP contribution < -0.4 is 14.7 Å². The Morgan fingerprint density at radius 1 is 1.16 bits per heavy atom. The molecule has 3 rings (SSSR count). The number of rotatable bonds is 5. The van der Waals surface area contributed by atoms with E-state index in [0.717, 1.165) is 48.7 Å². The normalized spacial score (nSPS) is 15.7. The van der Waals surface area contributed by atoms with Crippen molar-refractivity contribution in [1.29, 1.82) is 0 Å². The van der Waals surface area contributed by atoms with E-state index >= 15 is 0 Å². The summed E-state index contributed by atoms with van der Waals surface area (Å²) in [4.78, 5) is 20.2. The molecule has 0 unspecified atom stereocenters. The number of nitrogens with zero attached hydrogens (tertiary/aromatic N) is 7. The quantitative estimate of drug-likeness (QED) is 0.811. The molecule has 1 fully saturated rings. The lowest BCUT2D eigenvalue weighted by molar-refractivity contribution is 0.479. The van der Waals surface area contributed by atoms with E-state index in [0.29, 0.717) is 12.0 Å². The molecule has 1 aliphatic rings. The van der Waals surface area contributed by atoms with E-state index in [1.807, 2.05) is 31.3 Å². The summed E-state index contributed by atoms with van der Waals surface area (Å²) in [7, 11) is 6.06. The summed E-state index contributed by atoms with van der Waals surface area (Å²) in [6.45, 7) is 6.29. The van der Waals surface area contributed by atoms with Gasteiger partial charge >= 0.3 is 0 Å². The van der Waals surface area contributed by atoms with E-state index < -0.39 is 0 Å². The monoisotopic (exact) mass is 361 g/mol. The third kappa shape index (κ3) is 4.00. The predicted octanol–water partition coefficient (Wildman–Crippen LogP) is 2.62. The number of hydrogen-bond acceptors (Lipinski definition) is 8. The van der Waals surface area contributed by atoms with Crippen molar-refractivity contribution >= 4 is 28.4 Å². The van der Waals surface area contributed by atoms with Crippen LogP contribution in [0.15, 0.2) is 12.3 Å². The summed E-state index contributed by atoms with van der Waals surface area (Å²) >= 11 is 1.52. The minimum atomic E-state index is 0.386. The molecule has 1 saturated heterocycles. The number of piperidine rings is 1. The first-order valence-corrected chi connectivity index (χ1v) is 9.54. The average Bonchev–Trinajstić information content (AvgIpc) is 3.12. The molecular weight excluding hydrogens is 334 g/mol. The van der Waals surface area contributed by atoms with Gasteiger partial charge in [0.05, 0.1) is 0 Å². The smallest absolute Gasteiger partial charge is 0.226 e. The number of hydrogen-bond donors (Lipinski definition) is 0. The summed E-state index contributed by atoms with van der Waals surface area (Å²) in [5.41, 5.74) is 0. The number of aromatic nitrogens is 4. The van der Waals surface area contributed by atoms with Crippen LogP contribution in [0.3, 0.4) is 0 Å². The van der Waals surface area contributed by atoms with Crippen molar-refractivity contribution in [2.75, 3.05) is 48.9 Å². The van der Waals surface area contributed by atoms with Crippen molar-refractivity contribution in [1.82, 2.24) is 19.3 Å². The van der Waals surface area contributed by atoms with Crippen molar-refractivity contribution in [3.63, 3.8) is 0 Å². The summed E-state index contributed by atoms with van der Waals surface area (Å²) < 4.78 is 4.48. The van der Waals surface area contributed by atoms with Gasteiger partial charge in [-0.3, -0.25) is 0 Å². The molecule has 0 saturated carbocycles. The van der Waals surface area contributed by atoms with Crippen LogP contribution in [0.5, 0.6) is 0 Å². The second-order valence-electron chi connectivity index (χ2n) is 7.03. The zero-order chi connectivity index (χ0) is 18.0. The fraction of sp³-hybridized carbons (Fsp3) is 0.647. The molecule has 1 aliphatic heterocycles. The number of anilines is 3. The highest BCUT2D eigenvalue weighted by Crippen LogP contribution is 2.27. The molecule has 0 radical (unpaired) electrons. The van der Waals surface area contributed by atoms with Crippen LogP contribution in [-0.4, -0.2) is 59.6 Å². The van der Waals surface area contributed by atoms with Gasteiger partial charge in [-0.1, -0.05) is 13.8 Å². The van der Waals surface area contributed by atoms with Crippen LogP contribution >= 0.6 is 11.5 Å². The molecule has 0 spiro atoms. The Kier molecular flexibility index (Phi) is 5.36. The van der Waals surface area contributed by atoms with Gasteiger partial charge in [0, 0.05) is 63.9 Å². The Morgan fingerprint density at radius 3 is 2.48 bits per heavy atom. The Hall–Kier alpha value is -1.96. The molecule has 3 heterocycles. The summed E-state index contributed by atoms with van der Waals surface area (Å²) in [6, 6.07) is 2.47. The third-order valence-corrected chi connectivity index (χ3v) is 5.41. The van der Waals surface area contributed by atoms with E-state index in [9.17, 15) is 0 Å². The topological polar surface area (TPSA) is 61.3 Å². The van der Waals surface area contributed by atoms with Gasteiger partial charge in [-0.05, 0) is 18.9 Å². The second kappa shape index (κ2) is 7.51. The summed E-state index contributed by atoms with van der Waals surface area (Å²) in [6.07, 6.45) is 4.01. The van der Waals surface area contributed by atoms with Gasteiger partial charge in [-0.2, -0.15) is 9.36 Å². The maximum absolute atomic E-state index is 4.69. The zero-order valence-corrected chi connectivity index (χ0v) is 16.5. The van der Waals surface area contributed by atoms with Crippen LogP contribution in [0.1, 0.15) is 38.4 Å². The first-order valence-electron chi connectivity index (χ1n) is 8.77. The highest BCUT2D eigenvalue weighted by molar-refractivity contribution is 7.09. The molecule has 0 N–H and O–H groups in total. The Morgan fingerprint density at radius 2 is 1.88 bits per heavy atom.